The molecule has 1 amide bonds. The van der Waals surface area contributed by atoms with Gasteiger partial charge in [-0.3, -0.25) is 4.79 Å². The highest BCUT2D eigenvalue weighted by Gasteiger charge is 2.25. The van der Waals surface area contributed by atoms with E-state index in [2.05, 4.69) is 0 Å². The molecule has 2 N–H and O–H groups in total. The normalized spacial score (nSPS) is 16.1. The fraction of sp³-hybridized carbons (Fsp3) is 0.533. The van der Waals surface area contributed by atoms with Gasteiger partial charge in [-0.1, -0.05) is 12.1 Å². The summed E-state index contributed by atoms with van der Waals surface area (Å²) in [5, 5.41) is 0. The number of benzene rings is 1. The van der Waals surface area contributed by atoms with Crippen molar-refractivity contribution in [1.82, 2.24) is 4.90 Å². The molecule has 0 aromatic heterocycles. The van der Waals surface area contributed by atoms with Crippen LogP contribution < -0.4 is 10.6 Å². The van der Waals surface area contributed by atoms with E-state index in [4.69, 9.17) is 5.73 Å². The number of carbonyl (C=O) groups is 1. The van der Waals surface area contributed by atoms with Crippen LogP contribution in [0.3, 0.4) is 0 Å². The monoisotopic (exact) mass is 347 g/mol. The van der Waals surface area contributed by atoms with E-state index in [1.54, 1.807) is 28.8 Å². The molecule has 0 aliphatic carbocycles. The summed E-state index contributed by atoms with van der Waals surface area (Å²) in [6.45, 7) is 2.48. The number of amides is 1. The highest BCUT2D eigenvalue weighted by Crippen LogP contribution is 2.20. The molecule has 0 radical (unpaired) electrons. The molecule has 2 rings (SSSR count). The Kier molecular flexibility index (Phi) is 8.00. The number of carbonyl (C=O) groups excluding carboxylic acids is 1. The number of piperazine rings is 1. The second kappa shape index (κ2) is 9.22. The molecule has 0 unspecified atom stereocenters. The zero-order valence-corrected chi connectivity index (χ0v) is 14.3. The fourth-order valence-electron chi connectivity index (χ4n) is 2.48. The molecule has 0 spiro atoms. The van der Waals surface area contributed by atoms with Gasteiger partial charge in [-0.2, -0.15) is 11.8 Å². The summed E-state index contributed by atoms with van der Waals surface area (Å²) < 4.78 is 13.8. The van der Waals surface area contributed by atoms with E-state index in [1.807, 2.05) is 17.2 Å². The molecule has 1 saturated heterocycles. The maximum Gasteiger partial charge on any atom is 0.239 e. The molecule has 1 heterocycles. The number of anilines is 1. The summed E-state index contributed by atoms with van der Waals surface area (Å²) >= 11 is 1.69. The lowest BCUT2D eigenvalue weighted by atomic mass is 10.2. The number of halogens is 2. The predicted octanol–water partition coefficient (Wildman–Crippen LogP) is 1.98. The third-order valence-electron chi connectivity index (χ3n) is 3.73. The zero-order valence-electron chi connectivity index (χ0n) is 12.7. The summed E-state index contributed by atoms with van der Waals surface area (Å²) in [5.41, 5.74) is 6.53. The Morgan fingerprint density at radius 1 is 1.32 bits per heavy atom. The molecule has 1 aromatic carbocycles. The quantitative estimate of drug-likeness (QED) is 0.884. The fourth-order valence-corrected chi connectivity index (χ4v) is 2.97. The predicted molar refractivity (Wildman–Crippen MR) is 93.4 cm³/mol. The van der Waals surface area contributed by atoms with Crippen LogP contribution in [0.2, 0.25) is 0 Å². The smallest absolute Gasteiger partial charge is 0.239 e. The van der Waals surface area contributed by atoms with E-state index in [9.17, 15) is 9.18 Å². The van der Waals surface area contributed by atoms with Crippen LogP contribution in [0, 0.1) is 5.82 Å². The summed E-state index contributed by atoms with van der Waals surface area (Å²) in [7, 11) is 0. The number of nitrogens with zero attached hydrogens (tertiary/aromatic N) is 2. The summed E-state index contributed by atoms with van der Waals surface area (Å²) in [6.07, 6.45) is 2.71. The SMILES string of the molecule is CSCC[C@H](N)C(=O)N1CCN(c2ccccc2F)CC1.Cl. The van der Waals surface area contributed by atoms with Gasteiger partial charge in [0.1, 0.15) is 5.82 Å². The maximum atomic E-state index is 13.8. The minimum absolute atomic E-state index is 0. The van der Waals surface area contributed by atoms with Gasteiger partial charge < -0.3 is 15.5 Å². The van der Waals surface area contributed by atoms with Gasteiger partial charge >= 0.3 is 0 Å². The Balaban J connectivity index is 0.00000242. The van der Waals surface area contributed by atoms with Crippen LogP contribution in [0.1, 0.15) is 6.42 Å². The second-order valence-corrected chi connectivity index (χ2v) is 6.14. The van der Waals surface area contributed by atoms with Gasteiger partial charge in [0.25, 0.3) is 0 Å². The molecule has 22 heavy (non-hydrogen) atoms. The zero-order chi connectivity index (χ0) is 15.2. The van der Waals surface area contributed by atoms with Gasteiger partial charge in [-0.25, -0.2) is 4.39 Å². The lowest BCUT2D eigenvalue weighted by molar-refractivity contribution is -0.132. The Morgan fingerprint density at radius 2 is 1.95 bits per heavy atom. The van der Waals surface area contributed by atoms with Crippen molar-refractivity contribution in [2.75, 3.05) is 43.1 Å². The average molecular weight is 348 g/mol. The van der Waals surface area contributed by atoms with Crippen LogP contribution in [-0.4, -0.2) is 55.0 Å². The first-order chi connectivity index (χ1) is 10.1. The van der Waals surface area contributed by atoms with Crippen LogP contribution in [0.4, 0.5) is 10.1 Å². The standard InChI is InChI=1S/C15H22FN3OS.ClH/c1-21-11-6-13(17)15(20)19-9-7-18(8-10-19)14-5-3-2-4-12(14)16;/h2-5,13H,6-11,17H2,1H3;1H/t13-;/m0./s1. The second-order valence-electron chi connectivity index (χ2n) is 5.15. The Hall–Kier alpha value is -0.980. The number of hydrogen-bond donors (Lipinski definition) is 1. The minimum Gasteiger partial charge on any atom is -0.366 e. The number of rotatable bonds is 5. The van der Waals surface area contributed by atoms with E-state index in [1.165, 1.54) is 6.07 Å². The third-order valence-corrected chi connectivity index (χ3v) is 4.38. The van der Waals surface area contributed by atoms with Crippen molar-refractivity contribution in [3.63, 3.8) is 0 Å². The molecular formula is C15H23ClFN3OS. The van der Waals surface area contributed by atoms with Gasteiger partial charge in [0.05, 0.1) is 11.7 Å². The highest BCUT2D eigenvalue weighted by atomic mass is 35.5. The number of hydrogen-bond acceptors (Lipinski definition) is 4. The first-order valence-corrected chi connectivity index (χ1v) is 8.55. The molecule has 1 aliphatic heterocycles. The summed E-state index contributed by atoms with van der Waals surface area (Å²) in [5.74, 6) is 0.688. The summed E-state index contributed by atoms with van der Waals surface area (Å²) in [4.78, 5) is 16.0. The van der Waals surface area contributed by atoms with E-state index in [-0.39, 0.29) is 24.1 Å². The minimum atomic E-state index is -0.419. The van der Waals surface area contributed by atoms with Gasteiger partial charge in [0.2, 0.25) is 5.91 Å². The molecule has 1 aromatic rings. The van der Waals surface area contributed by atoms with Crippen LogP contribution in [0.5, 0.6) is 0 Å². The molecule has 0 saturated carbocycles. The van der Waals surface area contributed by atoms with Crippen LogP contribution in [0.15, 0.2) is 24.3 Å². The largest absolute Gasteiger partial charge is 0.366 e. The van der Waals surface area contributed by atoms with Crippen molar-refractivity contribution < 1.29 is 9.18 Å². The third kappa shape index (κ3) is 4.76. The van der Waals surface area contributed by atoms with Gasteiger partial charge in [0, 0.05) is 26.2 Å². The highest BCUT2D eigenvalue weighted by molar-refractivity contribution is 7.98. The maximum absolute atomic E-state index is 13.8. The molecule has 1 fully saturated rings. The van der Waals surface area contributed by atoms with Crippen molar-refractivity contribution in [3.05, 3.63) is 30.1 Å². The van der Waals surface area contributed by atoms with E-state index >= 15 is 0 Å². The molecule has 0 bridgehead atoms. The molecular weight excluding hydrogens is 325 g/mol. The topological polar surface area (TPSA) is 49.6 Å². The first kappa shape index (κ1) is 19.1. The average Bonchev–Trinajstić information content (AvgIpc) is 2.52. The van der Waals surface area contributed by atoms with E-state index in [0.717, 1.165) is 5.75 Å². The Labute approximate surface area is 141 Å². The van der Waals surface area contributed by atoms with Crippen molar-refractivity contribution in [2.45, 2.75) is 12.5 Å². The van der Waals surface area contributed by atoms with Crippen molar-refractivity contribution >= 4 is 35.8 Å². The molecule has 1 atom stereocenters. The lowest BCUT2D eigenvalue weighted by Crippen LogP contribution is -2.53. The van der Waals surface area contributed by atoms with Crippen molar-refractivity contribution in [2.24, 2.45) is 5.73 Å². The number of para-hydroxylation sites is 1. The first-order valence-electron chi connectivity index (χ1n) is 7.16. The molecule has 4 nitrogen and oxygen atoms in total. The van der Waals surface area contributed by atoms with E-state index in [0.29, 0.717) is 38.3 Å². The number of thioether (sulfide) groups is 1. The summed E-state index contributed by atoms with van der Waals surface area (Å²) in [6, 6.07) is 6.33. The van der Waals surface area contributed by atoms with Crippen molar-refractivity contribution in [1.29, 1.82) is 0 Å². The van der Waals surface area contributed by atoms with Gasteiger partial charge in [-0.05, 0) is 30.6 Å². The van der Waals surface area contributed by atoms with Crippen LogP contribution in [-0.2, 0) is 4.79 Å². The molecule has 124 valence electrons. The Bertz CT molecular complexity index is 484. The Morgan fingerprint density at radius 3 is 2.55 bits per heavy atom. The lowest BCUT2D eigenvalue weighted by Gasteiger charge is -2.37. The van der Waals surface area contributed by atoms with Crippen molar-refractivity contribution in [3.8, 4) is 0 Å². The van der Waals surface area contributed by atoms with E-state index < -0.39 is 6.04 Å². The molecule has 1 aliphatic rings. The van der Waals surface area contributed by atoms with Gasteiger partial charge in [-0.15, -0.1) is 12.4 Å². The van der Waals surface area contributed by atoms with Gasteiger partial charge in [0.15, 0.2) is 0 Å². The molecule has 7 heteroatoms. The van der Waals surface area contributed by atoms with Crippen LogP contribution in [0.25, 0.3) is 0 Å². The number of nitrogens with two attached hydrogens (primary N) is 1. The van der Waals surface area contributed by atoms with Crippen LogP contribution >= 0.6 is 24.2 Å².